The maximum Gasteiger partial charge on any atom is 0.168 e. The van der Waals surface area contributed by atoms with E-state index in [-0.39, 0.29) is 0 Å². The minimum Gasteiger partial charge on any atom is -0.356 e. The molecule has 0 saturated heterocycles. The van der Waals surface area contributed by atoms with Crippen molar-refractivity contribution < 1.29 is 9.65 Å². The van der Waals surface area contributed by atoms with E-state index in [1.54, 1.807) is 0 Å². The van der Waals surface area contributed by atoms with Crippen molar-refractivity contribution in [1.29, 1.82) is 0 Å². The largest absolute Gasteiger partial charge is 0.356 e. The molecule has 1 rings (SSSR count). The van der Waals surface area contributed by atoms with Gasteiger partial charge in [-0.05, 0) is 6.42 Å². The summed E-state index contributed by atoms with van der Waals surface area (Å²) in [6, 6.07) is 6.30. The standard InChI is InChI=1S/C18H32N.NO3/c1-2-3-4-5-6-7-8-9-10-11-13-16-19-17-14-12-15-18-19;2-1(3)4/h12,14-15,17-18H,2-11,13,16H2,1H3;/q+1;-1. The van der Waals surface area contributed by atoms with E-state index in [2.05, 4.69) is 42.1 Å². The molecule has 23 heavy (non-hydrogen) atoms. The lowest BCUT2D eigenvalue weighted by molar-refractivity contribution is -0.697. The number of nitrogens with zero attached hydrogens (tertiary/aromatic N) is 2. The lowest BCUT2D eigenvalue weighted by Gasteiger charge is -2.01. The van der Waals surface area contributed by atoms with E-state index in [4.69, 9.17) is 15.3 Å². The molecule has 0 atom stereocenters. The molecule has 0 radical (unpaired) electrons. The van der Waals surface area contributed by atoms with Crippen LogP contribution in [0.5, 0.6) is 0 Å². The van der Waals surface area contributed by atoms with Gasteiger partial charge in [0.25, 0.3) is 0 Å². The third-order valence-electron chi connectivity index (χ3n) is 3.80. The molecule has 0 aromatic carbocycles. The Balaban J connectivity index is 0.00000108. The van der Waals surface area contributed by atoms with Crippen LogP contribution in [-0.2, 0) is 6.54 Å². The van der Waals surface area contributed by atoms with Crippen LogP contribution in [0.3, 0.4) is 0 Å². The van der Waals surface area contributed by atoms with Gasteiger partial charge >= 0.3 is 0 Å². The predicted molar refractivity (Wildman–Crippen MR) is 93.5 cm³/mol. The van der Waals surface area contributed by atoms with Crippen LogP contribution in [0, 0.1) is 15.3 Å². The Morgan fingerprint density at radius 1 is 0.739 bits per heavy atom. The average molecular weight is 324 g/mol. The predicted octanol–water partition coefficient (Wildman–Crippen LogP) is 5.05. The van der Waals surface area contributed by atoms with Gasteiger partial charge in [-0.2, -0.15) is 0 Å². The Hall–Kier alpha value is -1.65. The minimum atomic E-state index is -1.75. The van der Waals surface area contributed by atoms with Crippen LogP contribution in [-0.4, -0.2) is 5.09 Å². The summed E-state index contributed by atoms with van der Waals surface area (Å²) in [6.45, 7) is 3.46. The average Bonchev–Trinajstić information content (AvgIpc) is 2.53. The summed E-state index contributed by atoms with van der Waals surface area (Å²) in [5.41, 5.74) is 0. The van der Waals surface area contributed by atoms with E-state index >= 15 is 0 Å². The lowest BCUT2D eigenvalue weighted by atomic mass is 10.1. The SMILES string of the molecule is CCCCCCCCCCCCC[n+]1ccccc1.O=[N+]([O-])[O-]. The normalized spacial score (nSPS) is 9.96. The molecule has 5 heteroatoms. The highest BCUT2D eigenvalue weighted by Crippen LogP contribution is 2.11. The first-order valence-corrected chi connectivity index (χ1v) is 8.92. The summed E-state index contributed by atoms with van der Waals surface area (Å²) in [6.07, 6.45) is 20.0. The van der Waals surface area contributed by atoms with E-state index in [0.29, 0.717) is 0 Å². The second kappa shape index (κ2) is 16.7. The molecule has 0 amide bonds. The molecule has 1 aromatic heterocycles. The van der Waals surface area contributed by atoms with Gasteiger partial charge in [0.05, 0.1) is 5.09 Å². The zero-order valence-corrected chi connectivity index (χ0v) is 14.5. The van der Waals surface area contributed by atoms with Gasteiger partial charge in [-0.15, -0.1) is 0 Å². The van der Waals surface area contributed by atoms with Gasteiger partial charge in [-0.1, -0.05) is 70.8 Å². The van der Waals surface area contributed by atoms with Crippen LogP contribution in [0.15, 0.2) is 30.6 Å². The number of aromatic nitrogens is 1. The molecule has 0 fully saturated rings. The number of unbranched alkanes of at least 4 members (excludes halogenated alkanes) is 10. The highest BCUT2D eigenvalue weighted by Gasteiger charge is 1.97. The lowest BCUT2D eigenvalue weighted by Crippen LogP contribution is -2.32. The van der Waals surface area contributed by atoms with E-state index in [1.807, 2.05) is 0 Å². The molecule has 0 saturated carbocycles. The van der Waals surface area contributed by atoms with E-state index in [0.717, 1.165) is 0 Å². The molecule has 0 aliphatic heterocycles. The van der Waals surface area contributed by atoms with E-state index in [9.17, 15) is 0 Å². The van der Waals surface area contributed by atoms with Crippen molar-refractivity contribution in [2.24, 2.45) is 0 Å². The summed E-state index contributed by atoms with van der Waals surface area (Å²) in [4.78, 5) is 8.25. The maximum absolute atomic E-state index is 8.25. The molecule has 1 aromatic rings. The Morgan fingerprint density at radius 3 is 1.57 bits per heavy atom. The van der Waals surface area contributed by atoms with Crippen LogP contribution in [0.1, 0.15) is 77.6 Å². The van der Waals surface area contributed by atoms with Gasteiger partial charge < -0.3 is 15.3 Å². The van der Waals surface area contributed by atoms with Gasteiger partial charge in [0.1, 0.15) is 6.54 Å². The number of rotatable bonds is 12. The molecule has 0 bridgehead atoms. The highest BCUT2D eigenvalue weighted by molar-refractivity contribution is 4.83. The fraction of sp³-hybridized carbons (Fsp3) is 0.722. The Bertz CT molecular complexity index is 368. The van der Waals surface area contributed by atoms with Gasteiger partial charge in [-0.3, -0.25) is 0 Å². The molecule has 0 spiro atoms. The third-order valence-corrected chi connectivity index (χ3v) is 3.80. The smallest absolute Gasteiger partial charge is 0.168 e. The van der Waals surface area contributed by atoms with Crippen LogP contribution in [0.25, 0.3) is 0 Å². The van der Waals surface area contributed by atoms with Crippen LogP contribution in [0.2, 0.25) is 0 Å². The number of hydrogen-bond acceptors (Lipinski definition) is 3. The molecular weight excluding hydrogens is 292 g/mol. The fourth-order valence-electron chi connectivity index (χ4n) is 2.54. The van der Waals surface area contributed by atoms with Crippen LogP contribution >= 0.6 is 0 Å². The maximum atomic E-state index is 8.25. The highest BCUT2D eigenvalue weighted by atomic mass is 16.9. The van der Waals surface area contributed by atoms with Gasteiger partial charge in [0, 0.05) is 18.6 Å². The van der Waals surface area contributed by atoms with Crippen molar-refractivity contribution in [1.82, 2.24) is 0 Å². The topological polar surface area (TPSA) is 70.1 Å². The van der Waals surface area contributed by atoms with Crippen molar-refractivity contribution in [3.63, 3.8) is 0 Å². The Morgan fingerprint density at radius 2 is 1.13 bits per heavy atom. The zero-order valence-electron chi connectivity index (χ0n) is 14.5. The molecular formula is C18H32N2O3. The summed E-state index contributed by atoms with van der Waals surface area (Å²) >= 11 is 0. The molecule has 0 aliphatic carbocycles. The number of aryl methyl sites for hydroxylation is 1. The first-order chi connectivity index (χ1) is 11.2. The monoisotopic (exact) mass is 324 g/mol. The molecule has 132 valence electrons. The first kappa shape index (κ1) is 21.4. The summed E-state index contributed by atoms with van der Waals surface area (Å²) in [5, 5.41) is 14.8. The van der Waals surface area contributed by atoms with Gasteiger partial charge in [0.15, 0.2) is 12.4 Å². The second-order valence-electron chi connectivity index (χ2n) is 5.87. The fourth-order valence-corrected chi connectivity index (χ4v) is 2.54. The first-order valence-electron chi connectivity index (χ1n) is 8.92. The summed E-state index contributed by atoms with van der Waals surface area (Å²) < 4.78 is 2.29. The molecule has 1 heterocycles. The Kier molecular flexibility index (Phi) is 15.5. The van der Waals surface area contributed by atoms with E-state index < -0.39 is 5.09 Å². The number of hydrogen-bond donors (Lipinski definition) is 0. The third kappa shape index (κ3) is 18.3. The van der Waals surface area contributed by atoms with Crippen molar-refractivity contribution in [3.05, 3.63) is 45.9 Å². The van der Waals surface area contributed by atoms with Crippen molar-refractivity contribution in [2.45, 2.75) is 84.1 Å². The molecule has 0 unspecified atom stereocenters. The molecule has 0 N–H and O–H groups in total. The zero-order chi connectivity index (χ0) is 17.2. The van der Waals surface area contributed by atoms with Crippen LogP contribution in [0.4, 0.5) is 0 Å². The number of pyridine rings is 1. The molecule has 5 nitrogen and oxygen atoms in total. The van der Waals surface area contributed by atoms with Crippen molar-refractivity contribution >= 4 is 0 Å². The second-order valence-corrected chi connectivity index (χ2v) is 5.87. The van der Waals surface area contributed by atoms with Crippen molar-refractivity contribution in [2.75, 3.05) is 0 Å². The van der Waals surface area contributed by atoms with Crippen LogP contribution < -0.4 is 4.57 Å². The summed E-state index contributed by atoms with van der Waals surface area (Å²) in [7, 11) is 0. The Labute approximate surface area is 140 Å². The van der Waals surface area contributed by atoms with Crippen molar-refractivity contribution in [3.8, 4) is 0 Å². The summed E-state index contributed by atoms with van der Waals surface area (Å²) in [5.74, 6) is 0. The molecule has 0 aliphatic rings. The van der Waals surface area contributed by atoms with E-state index in [1.165, 1.54) is 77.2 Å². The minimum absolute atomic E-state index is 1.18. The van der Waals surface area contributed by atoms with Gasteiger partial charge in [-0.25, -0.2) is 4.57 Å². The quantitative estimate of drug-likeness (QED) is 0.234. The van der Waals surface area contributed by atoms with Gasteiger partial charge in [0.2, 0.25) is 0 Å².